The van der Waals surface area contributed by atoms with Gasteiger partial charge in [-0.15, -0.1) is 0 Å². The third kappa shape index (κ3) is 4.93. The first-order chi connectivity index (χ1) is 18.6. The van der Waals surface area contributed by atoms with Gasteiger partial charge in [-0.3, -0.25) is 9.78 Å². The van der Waals surface area contributed by atoms with Crippen LogP contribution < -0.4 is 10.1 Å². The molecule has 2 aliphatic rings. The van der Waals surface area contributed by atoms with E-state index in [4.69, 9.17) is 9.47 Å². The van der Waals surface area contributed by atoms with E-state index < -0.39 is 28.6 Å². The summed E-state index contributed by atoms with van der Waals surface area (Å²) in [4.78, 5) is 20.8. The van der Waals surface area contributed by atoms with E-state index in [0.29, 0.717) is 49.4 Å². The molecule has 1 saturated carbocycles. The van der Waals surface area contributed by atoms with Crippen LogP contribution in [0.3, 0.4) is 0 Å². The summed E-state index contributed by atoms with van der Waals surface area (Å²) in [7, 11) is 0. The Hall–Kier alpha value is -4.01. The van der Waals surface area contributed by atoms with Crippen LogP contribution in [0.2, 0.25) is 0 Å². The molecule has 2 aromatic heterocycles. The maximum absolute atomic E-state index is 13.0. The Kier molecular flexibility index (Phi) is 6.78. The highest BCUT2D eigenvalue weighted by Crippen LogP contribution is 2.68. The fourth-order valence-electron chi connectivity index (χ4n) is 5.19. The van der Waals surface area contributed by atoms with Gasteiger partial charge in [0.1, 0.15) is 12.3 Å². The maximum atomic E-state index is 13.0. The number of aliphatic hydroxyl groups excluding tert-OH is 1. The molecule has 39 heavy (non-hydrogen) atoms. The molecule has 8 nitrogen and oxygen atoms in total. The van der Waals surface area contributed by atoms with E-state index in [-0.39, 0.29) is 18.8 Å². The Morgan fingerprint density at radius 2 is 2.08 bits per heavy atom. The number of carbonyl (C=O) groups excluding carboxylic acids is 1. The van der Waals surface area contributed by atoms with Crippen LogP contribution in [0.25, 0.3) is 11.1 Å². The van der Waals surface area contributed by atoms with Gasteiger partial charge in [0, 0.05) is 35.5 Å². The molecule has 0 spiro atoms. The largest absolute Gasteiger partial charge is 0.475 e. The summed E-state index contributed by atoms with van der Waals surface area (Å²) in [6, 6.07) is 13.1. The van der Waals surface area contributed by atoms with Gasteiger partial charge in [0.25, 0.3) is 5.91 Å². The second kappa shape index (κ2) is 9.94. The Balaban J connectivity index is 1.49. The molecule has 0 bridgehead atoms. The van der Waals surface area contributed by atoms with E-state index in [2.05, 4.69) is 21.4 Å². The molecular formula is C28H25F3N4O4. The summed E-state index contributed by atoms with van der Waals surface area (Å²) in [5.74, 6) is -0.417. The summed E-state index contributed by atoms with van der Waals surface area (Å²) < 4.78 is 50.4. The lowest BCUT2D eigenvalue weighted by atomic mass is 9.85. The highest BCUT2D eigenvalue weighted by atomic mass is 19.4. The number of aromatic nitrogens is 2. The number of benzene rings is 1. The average molecular weight is 539 g/mol. The number of hydrogen-bond acceptors (Lipinski definition) is 7. The van der Waals surface area contributed by atoms with Gasteiger partial charge in [-0.25, -0.2) is 4.98 Å². The number of rotatable bonds is 7. The molecule has 1 amide bonds. The number of ether oxygens (including phenoxy) is 2. The molecule has 0 radical (unpaired) electrons. The number of carbonyl (C=O) groups is 1. The second-order valence-electron chi connectivity index (χ2n) is 9.82. The van der Waals surface area contributed by atoms with E-state index in [9.17, 15) is 28.3 Å². The third-order valence-corrected chi connectivity index (χ3v) is 7.38. The molecule has 11 heteroatoms. The molecule has 3 heterocycles. The molecule has 2 fully saturated rings. The predicted octanol–water partition coefficient (Wildman–Crippen LogP) is 4.67. The van der Waals surface area contributed by atoms with Crippen molar-refractivity contribution < 1.29 is 32.5 Å². The van der Waals surface area contributed by atoms with Crippen molar-refractivity contribution in [1.82, 2.24) is 9.97 Å². The van der Waals surface area contributed by atoms with Crippen LogP contribution in [0.15, 0.2) is 48.7 Å². The standard InChI is InChI=1S/C28H25F3N4O4/c1-17-2-3-20(34-25(37)18-4-6-33-23(10-18)28(29,30)31)13-21(17)19-11-22(35-24(12-19)39-9-7-36)27-5-8-38-16-26(27,14-27)15-32/h2-4,6,10-13,36H,5,7-9,14,16H2,1H3,(H,34,37). The molecule has 1 aromatic carbocycles. The van der Waals surface area contributed by atoms with Crippen molar-refractivity contribution in [3.8, 4) is 23.1 Å². The Morgan fingerprint density at radius 1 is 1.26 bits per heavy atom. The number of aryl methyl sites for hydroxylation is 1. The number of nitrogens with zero attached hydrogens (tertiary/aromatic N) is 3. The number of nitrogens with one attached hydrogen (secondary N) is 1. The van der Waals surface area contributed by atoms with Crippen molar-refractivity contribution in [3.05, 3.63) is 71.2 Å². The first-order valence-corrected chi connectivity index (χ1v) is 12.3. The number of fused-ring (bicyclic) bond motifs is 1. The van der Waals surface area contributed by atoms with Gasteiger partial charge < -0.3 is 19.9 Å². The van der Waals surface area contributed by atoms with Crippen LogP contribution in [-0.4, -0.2) is 47.4 Å². The van der Waals surface area contributed by atoms with Crippen molar-refractivity contribution in [1.29, 1.82) is 5.26 Å². The van der Waals surface area contributed by atoms with Crippen molar-refractivity contribution in [3.63, 3.8) is 0 Å². The molecule has 1 aliphatic carbocycles. The summed E-state index contributed by atoms with van der Waals surface area (Å²) in [6.07, 6.45) is -2.47. The van der Waals surface area contributed by atoms with E-state index >= 15 is 0 Å². The molecule has 5 rings (SSSR count). The topological polar surface area (TPSA) is 117 Å². The van der Waals surface area contributed by atoms with Crippen molar-refractivity contribution in [2.24, 2.45) is 5.41 Å². The van der Waals surface area contributed by atoms with Gasteiger partial charge in [-0.05, 0) is 66.8 Å². The number of hydrogen-bond donors (Lipinski definition) is 2. The van der Waals surface area contributed by atoms with Crippen molar-refractivity contribution in [2.75, 3.05) is 31.7 Å². The zero-order valence-corrected chi connectivity index (χ0v) is 21.0. The van der Waals surface area contributed by atoms with E-state index in [1.807, 2.05) is 13.0 Å². The SMILES string of the molecule is Cc1ccc(NC(=O)c2ccnc(C(F)(F)F)c2)cc1-c1cc(OCCO)nc(C23CCOCC2(C#N)C3)c1. The van der Waals surface area contributed by atoms with Gasteiger partial charge in [0.15, 0.2) is 0 Å². The summed E-state index contributed by atoms with van der Waals surface area (Å²) in [5, 5.41) is 21.8. The Bertz CT molecular complexity index is 1470. The number of alkyl halides is 3. The minimum absolute atomic E-state index is 0.0380. The zero-order valence-electron chi connectivity index (χ0n) is 21.0. The number of halogens is 3. The van der Waals surface area contributed by atoms with Crippen LogP contribution in [-0.2, 0) is 16.3 Å². The molecular weight excluding hydrogens is 513 g/mol. The van der Waals surface area contributed by atoms with Crippen LogP contribution >= 0.6 is 0 Å². The van der Waals surface area contributed by atoms with Crippen molar-refractivity contribution in [2.45, 2.75) is 31.4 Å². The van der Waals surface area contributed by atoms with Crippen LogP contribution in [0.4, 0.5) is 18.9 Å². The van der Waals surface area contributed by atoms with Crippen LogP contribution in [0.5, 0.6) is 5.88 Å². The first-order valence-electron chi connectivity index (χ1n) is 12.3. The molecule has 2 atom stereocenters. The third-order valence-electron chi connectivity index (χ3n) is 7.38. The predicted molar refractivity (Wildman–Crippen MR) is 134 cm³/mol. The zero-order chi connectivity index (χ0) is 27.8. The number of pyridine rings is 2. The smallest absolute Gasteiger partial charge is 0.433 e. The van der Waals surface area contributed by atoms with E-state index in [1.165, 1.54) is 6.07 Å². The molecule has 2 unspecified atom stereocenters. The average Bonchev–Trinajstić information content (AvgIpc) is 3.64. The lowest BCUT2D eigenvalue weighted by molar-refractivity contribution is -0.141. The van der Waals surface area contributed by atoms with Gasteiger partial charge in [0.2, 0.25) is 5.88 Å². The van der Waals surface area contributed by atoms with Crippen molar-refractivity contribution >= 4 is 11.6 Å². The van der Waals surface area contributed by atoms with Gasteiger partial charge in [-0.2, -0.15) is 18.4 Å². The van der Waals surface area contributed by atoms with Crippen LogP contribution in [0.1, 0.15) is 40.2 Å². The van der Waals surface area contributed by atoms with E-state index in [1.54, 1.807) is 24.3 Å². The van der Waals surface area contributed by atoms with Gasteiger partial charge in [0.05, 0.1) is 30.4 Å². The molecule has 3 aromatic rings. The van der Waals surface area contributed by atoms with Crippen LogP contribution in [0, 0.1) is 23.7 Å². The first kappa shape index (κ1) is 26.6. The fraction of sp³-hybridized carbons (Fsp3) is 0.357. The molecule has 1 saturated heterocycles. The lowest BCUT2D eigenvalue weighted by Crippen LogP contribution is -2.30. The quantitative estimate of drug-likeness (QED) is 0.449. The fourth-order valence-corrected chi connectivity index (χ4v) is 5.19. The summed E-state index contributed by atoms with van der Waals surface area (Å²) in [6.45, 7) is 2.56. The maximum Gasteiger partial charge on any atom is 0.433 e. The highest BCUT2D eigenvalue weighted by Gasteiger charge is 2.71. The molecule has 202 valence electrons. The summed E-state index contributed by atoms with van der Waals surface area (Å²) >= 11 is 0. The summed E-state index contributed by atoms with van der Waals surface area (Å²) in [5.41, 5.74) is 0.958. The Morgan fingerprint density at radius 3 is 2.82 bits per heavy atom. The van der Waals surface area contributed by atoms with E-state index in [0.717, 1.165) is 22.9 Å². The highest BCUT2D eigenvalue weighted by molar-refractivity contribution is 6.04. The number of amides is 1. The number of aliphatic hydroxyl groups is 1. The molecule has 1 aliphatic heterocycles. The normalized spacial score (nSPS) is 21.9. The minimum atomic E-state index is -4.67. The monoisotopic (exact) mass is 538 g/mol. The van der Waals surface area contributed by atoms with Gasteiger partial charge in [-0.1, -0.05) is 6.07 Å². The Labute approximate surface area is 222 Å². The lowest BCUT2D eigenvalue weighted by Gasteiger charge is -2.26. The minimum Gasteiger partial charge on any atom is -0.475 e. The number of nitriles is 1. The van der Waals surface area contributed by atoms with Gasteiger partial charge >= 0.3 is 6.18 Å². The molecule has 2 N–H and O–H groups in total. The number of anilines is 1. The second-order valence-corrected chi connectivity index (χ2v) is 9.82.